The lowest BCUT2D eigenvalue weighted by Gasteiger charge is -2.38. The maximum Gasteiger partial charge on any atom is 0.0858 e. The highest BCUT2D eigenvalue weighted by Crippen LogP contribution is 2.22. The average molecular weight is 228 g/mol. The highest BCUT2D eigenvalue weighted by atomic mass is 16.5. The third-order valence-electron chi connectivity index (χ3n) is 3.83. The standard InChI is InChI=1S/C12H24N2O2/c1-3-14-5-7-16-11(8-14)12(13-2)10-4-6-15-9-10/h10-13H,3-9H2,1-2H3. The van der Waals surface area contributed by atoms with Crippen molar-refractivity contribution in [2.75, 3.05) is 46.5 Å². The molecule has 94 valence electrons. The van der Waals surface area contributed by atoms with Crippen LogP contribution < -0.4 is 5.32 Å². The van der Waals surface area contributed by atoms with Crippen LogP contribution >= 0.6 is 0 Å². The highest BCUT2D eigenvalue weighted by molar-refractivity contribution is 4.88. The number of likely N-dealkylation sites (N-methyl/N-ethyl adjacent to an activating group) is 2. The fourth-order valence-electron chi connectivity index (χ4n) is 2.80. The van der Waals surface area contributed by atoms with E-state index in [9.17, 15) is 0 Å². The summed E-state index contributed by atoms with van der Waals surface area (Å²) in [7, 11) is 2.04. The van der Waals surface area contributed by atoms with Gasteiger partial charge < -0.3 is 14.8 Å². The minimum absolute atomic E-state index is 0.324. The van der Waals surface area contributed by atoms with E-state index < -0.39 is 0 Å². The second-order valence-corrected chi connectivity index (χ2v) is 4.74. The van der Waals surface area contributed by atoms with Crippen molar-refractivity contribution >= 4 is 0 Å². The molecule has 3 unspecified atom stereocenters. The third kappa shape index (κ3) is 2.74. The Kier molecular flexibility index (Phi) is 4.58. The Balaban J connectivity index is 1.91. The topological polar surface area (TPSA) is 33.7 Å². The highest BCUT2D eigenvalue weighted by Gasteiger charge is 2.34. The van der Waals surface area contributed by atoms with Crippen molar-refractivity contribution in [2.24, 2.45) is 5.92 Å². The van der Waals surface area contributed by atoms with Gasteiger partial charge in [-0.05, 0) is 20.0 Å². The van der Waals surface area contributed by atoms with Gasteiger partial charge in [0.1, 0.15) is 0 Å². The monoisotopic (exact) mass is 228 g/mol. The van der Waals surface area contributed by atoms with Crippen molar-refractivity contribution in [1.82, 2.24) is 10.2 Å². The minimum Gasteiger partial charge on any atom is -0.381 e. The Labute approximate surface area is 98.3 Å². The van der Waals surface area contributed by atoms with Gasteiger partial charge in [-0.1, -0.05) is 6.92 Å². The molecule has 0 aromatic heterocycles. The van der Waals surface area contributed by atoms with Crippen molar-refractivity contribution < 1.29 is 9.47 Å². The average Bonchev–Trinajstić information content (AvgIpc) is 2.84. The van der Waals surface area contributed by atoms with Crippen molar-refractivity contribution in [2.45, 2.75) is 25.5 Å². The molecule has 16 heavy (non-hydrogen) atoms. The zero-order valence-electron chi connectivity index (χ0n) is 10.4. The number of rotatable bonds is 4. The van der Waals surface area contributed by atoms with Gasteiger partial charge >= 0.3 is 0 Å². The molecule has 0 aliphatic carbocycles. The number of hydrogen-bond donors (Lipinski definition) is 1. The van der Waals surface area contributed by atoms with Gasteiger partial charge in [-0.15, -0.1) is 0 Å². The second kappa shape index (κ2) is 5.96. The Morgan fingerprint density at radius 1 is 1.44 bits per heavy atom. The van der Waals surface area contributed by atoms with Crippen LogP contribution in [0.2, 0.25) is 0 Å². The molecule has 2 heterocycles. The van der Waals surface area contributed by atoms with Gasteiger partial charge in [0.25, 0.3) is 0 Å². The van der Waals surface area contributed by atoms with Crippen LogP contribution in [0.4, 0.5) is 0 Å². The normalized spacial score (nSPS) is 34.1. The Hall–Kier alpha value is -0.160. The number of nitrogens with one attached hydrogen (secondary N) is 1. The lowest BCUT2D eigenvalue weighted by atomic mass is 9.93. The molecular weight excluding hydrogens is 204 g/mol. The van der Waals surface area contributed by atoms with Gasteiger partial charge in [-0.25, -0.2) is 0 Å². The lowest BCUT2D eigenvalue weighted by molar-refractivity contribution is -0.0542. The van der Waals surface area contributed by atoms with Crippen LogP contribution in [0, 0.1) is 5.92 Å². The van der Waals surface area contributed by atoms with Crippen molar-refractivity contribution in [1.29, 1.82) is 0 Å². The van der Waals surface area contributed by atoms with E-state index >= 15 is 0 Å². The van der Waals surface area contributed by atoms with Crippen LogP contribution in [-0.4, -0.2) is 63.5 Å². The predicted octanol–water partition coefficient (Wildman–Crippen LogP) is 0.332. The quantitative estimate of drug-likeness (QED) is 0.752. The lowest BCUT2D eigenvalue weighted by Crippen LogP contribution is -2.54. The fourth-order valence-corrected chi connectivity index (χ4v) is 2.80. The molecule has 0 aromatic rings. The molecule has 4 nitrogen and oxygen atoms in total. The van der Waals surface area contributed by atoms with E-state index in [0.717, 1.165) is 45.9 Å². The smallest absolute Gasteiger partial charge is 0.0858 e. The summed E-state index contributed by atoms with van der Waals surface area (Å²) in [5.74, 6) is 0.617. The van der Waals surface area contributed by atoms with E-state index in [1.165, 1.54) is 0 Å². The summed E-state index contributed by atoms with van der Waals surface area (Å²) in [6.07, 6.45) is 1.49. The third-order valence-corrected chi connectivity index (χ3v) is 3.83. The molecule has 2 saturated heterocycles. The largest absolute Gasteiger partial charge is 0.381 e. The number of nitrogens with zero attached hydrogens (tertiary/aromatic N) is 1. The Morgan fingerprint density at radius 2 is 2.31 bits per heavy atom. The van der Waals surface area contributed by atoms with E-state index in [1.54, 1.807) is 0 Å². The zero-order chi connectivity index (χ0) is 11.4. The molecule has 0 aromatic carbocycles. The van der Waals surface area contributed by atoms with E-state index in [4.69, 9.17) is 9.47 Å². The van der Waals surface area contributed by atoms with Gasteiger partial charge in [0.15, 0.2) is 0 Å². The van der Waals surface area contributed by atoms with Crippen molar-refractivity contribution in [3.8, 4) is 0 Å². The van der Waals surface area contributed by atoms with Crippen LogP contribution in [0.5, 0.6) is 0 Å². The zero-order valence-corrected chi connectivity index (χ0v) is 10.4. The maximum atomic E-state index is 5.92. The van der Waals surface area contributed by atoms with Crippen molar-refractivity contribution in [3.63, 3.8) is 0 Å². The molecule has 4 heteroatoms. The van der Waals surface area contributed by atoms with Gasteiger partial charge in [0.2, 0.25) is 0 Å². The summed E-state index contributed by atoms with van der Waals surface area (Å²) in [5.41, 5.74) is 0. The summed E-state index contributed by atoms with van der Waals surface area (Å²) in [4.78, 5) is 2.47. The fraction of sp³-hybridized carbons (Fsp3) is 1.00. The molecule has 0 saturated carbocycles. The molecule has 2 aliphatic rings. The van der Waals surface area contributed by atoms with Crippen LogP contribution in [0.3, 0.4) is 0 Å². The summed E-state index contributed by atoms with van der Waals surface area (Å²) in [6.45, 7) is 8.13. The molecule has 0 bridgehead atoms. The molecule has 1 N–H and O–H groups in total. The van der Waals surface area contributed by atoms with Gasteiger partial charge in [0, 0.05) is 31.7 Å². The van der Waals surface area contributed by atoms with Gasteiger partial charge in [0.05, 0.1) is 19.3 Å². The number of ether oxygens (including phenoxy) is 2. The first-order valence-electron chi connectivity index (χ1n) is 6.44. The van der Waals surface area contributed by atoms with E-state index in [-0.39, 0.29) is 0 Å². The minimum atomic E-state index is 0.324. The van der Waals surface area contributed by atoms with Gasteiger partial charge in [-0.3, -0.25) is 4.90 Å². The first-order valence-corrected chi connectivity index (χ1v) is 6.44. The Morgan fingerprint density at radius 3 is 2.94 bits per heavy atom. The molecule has 0 amide bonds. The molecule has 3 atom stereocenters. The number of hydrogen-bond acceptors (Lipinski definition) is 4. The summed E-state index contributed by atoms with van der Waals surface area (Å²) in [5, 5.41) is 3.43. The van der Waals surface area contributed by atoms with E-state index in [1.807, 2.05) is 7.05 Å². The maximum absolute atomic E-state index is 5.92. The molecule has 2 aliphatic heterocycles. The van der Waals surface area contributed by atoms with E-state index in [2.05, 4.69) is 17.1 Å². The van der Waals surface area contributed by atoms with Crippen LogP contribution in [0.25, 0.3) is 0 Å². The summed E-state index contributed by atoms with van der Waals surface area (Å²) >= 11 is 0. The first kappa shape index (κ1) is 12.3. The van der Waals surface area contributed by atoms with E-state index in [0.29, 0.717) is 18.1 Å². The first-order chi connectivity index (χ1) is 7.85. The molecule has 0 spiro atoms. The predicted molar refractivity (Wildman–Crippen MR) is 63.6 cm³/mol. The molecule has 2 fully saturated rings. The van der Waals surface area contributed by atoms with Gasteiger partial charge in [-0.2, -0.15) is 0 Å². The van der Waals surface area contributed by atoms with Crippen LogP contribution in [-0.2, 0) is 9.47 Å². The molecule has 0 radical (unpaired) electrons. The summed E-state index contributed by atoms with van der Waals surface area (Å²) in [6, 6.07) is 0.442. The molecular formula is C12H24N2O2. The Bertz CT molecular complexity index is 207. The summed E-state index contributed by atoms with van der Waals surface area (Å²) < 4.78 is 11.4. The van der Waals surface area contributed by atoms with Crippen LogP contribution in [0.15, 0.2) is 0 Å². The van der Waals surface area contributed by atoms with Crippen molar-refractivity contribution in [3.05, 3.63) is 0 Å². The SMILES string of the molecule is CCN1CCOC(C(NC)C2CCOC2)C1. The second-order valence-electron chi connectivity index (χ2n) is 4.74. The van der Waals surface area contributed by atoms with Crippen LogP contribution in [0.1, 0.15) is 13.3 Å². The molecule has 2 rings (SSSR count). The number of morpholine rings is 1.